The van der Waals surface area contributed by atoms with E-state index in [4.69, 9.17) is 9.47 Å². The average molecular weight is 234 g/mol. The highest BCUT2D eigenvalue weighted by atomic mass is 16.5. The molecule has 0 fully saturated rings. The Morgan fingerprint density at radius 1 is 1.29 bits per heavy atom. The molecule has 1 N–H and O–H groups in total. The minimum absolute atomic E-state index is 0.0875. The molecule has 0 spiro atoms. The van der Waals surface area contributed by atoms with Gasteiger partial charge in [-0.25, -0.2) is 4.79 Å². The van der Waals surface area contributed by atoms with Gasteiger partial charge in [0.15, 0.2) is 11.5 Å². The van der Waals surface area contributed by atoms with Crippen LogP contribution in [-0.2, 0) is 9.53 Å². The summed E-state index contributed by atoms with van der Waals surface area (Å²) in [6, 6.07) is 6.91. The molecule has 4 nitrogen and oxygen atoms in total. The van der Waals surface area contributed by atoms with Gasteiger partial charge in [-0.15, -0.1) is 0 Å². The lowest BCUT2D eigenvalue weighted by molar-refractivity contribution is 0.289. The van der Waals surface area contributed by atoms with Crippen molar-refractivity contribution in [2.24, 2.45) is 0 Å². The molecule has 0 saturated heterocycles. The van der Waals surface area contributed by atoms with Crippen LogP contribution in [0.25, 0.3) is 5.76 Å². The molecule has 0 aliphatic carbocycles. The third-order valence-electron chi connectivity index (χ3n) is 2.27. The zero-order valence-corrected chi connectivity index (χ0v) is 9.98. The molecule has 1 aromatic carbocycles. The Morgan fingerprint density at radius 2 is 1.94 bits per heavy atom. The fraction of sp³-hybridized carbons (Fsp3) is 0.231. The molecule has 0 unspecified atom stereocenters. The average Bonchev–Trinajstić information content (AvgIpc) is 2.38. The number of hydrogen-bond donors (Lipinski definition) is 1. The molecule has 0 bridgehead atoms. The highest BCUT2D eigenvalue weighted by Gasteiger charge is 2.15. The van der Waals surface area contributed by atoms with Crippen LogP contribution in [-0.4, -0.2) is 25.3 Å². The topological polar surface area (TPSA) is 55.8 Å². The lowest BCUT2D eigenvalue weighted by Gasteiger charge is -2.11. The van der Waals surface area contributed by atoms with Gasteiger partial charge < -0.3 is 14.6 Å². The van der Waals surface area contributed by atoms with Gasteiger partial charge in [0.25, 0.3) is 0 Å². The maximum Gasteiger partial charge on any atom is 0.175 e. The lowest BCUT2D eigenvalue weighted by Crippen LogP contribution is -1.98. The Balaban J connectivity index is 3.39. The van der Waals surface area contributed by atoms with Crippen molar-refractivity contribution in [3.8, 4) is 5.75 Å². The van der Waals surface area contributed by atoms with Gasteiger partial charge in [0.2, 0.25) is 0 Å². The number of methoxy groups -OCH3 is 2. The van der Waals surface area contributed by atoms with Gasteiger partial charge in [0, 0.05) is 0 Å². The molecule has 0 amide bonds. The normalized spacial score (nSPS) is 11.2. The summed E-state index contributed by atoms with van der Waals surface area (Å²) in [6.45, 7) is 1.51. The van der Waals surface area contributed by atoms with E-state index in [1.807, 2.05) is 0 Å². The number of aliphatic hydroxyl groups is 1. The molecule has 17 heavy (non-hydrogen) atoms. The van der Waals surface area contributed by atoms with Gasteiger partial charge in [-0.05, 0) is 19.1 Å². The van der Waals surface area contributed by atoms with Gasteiger partial charge in [-0.3, -0.25) is 0 Å². The number of allylic oxidation sites excluding steroid dienone is 1. The van der Waals surface area contributed by atoms with E-state index in [2.05, 4.69) is 0 Å². The minimum atomic E-state index is -0.147. The van der Waals surface area contributed by atoms with E-state index in [0.717, 1.165) is 0 Å². The summed E-state index contributed by atoms with van der Waals surface area (Å²) in [5.41, 5.74) is 0.650. The molecule has 0 radical (unpaired) electrons. The SMILES string of the molecule is CO/C(C(C)=C=O)=C(\O)c1ccccc1OC. The first-order chi connectivity index (χ1) is 8.15. The number of aliphatic hydroxyl groups excluding tert-OH is 1. The fourth-order valence-corrected chi connectivity index (χ4v) is 1.44. The molecule has 1 aromatic rings. The highest BCUT2D eigenvalue weighted by molar-refractivity contribution is 5.73. The zero-order chi connectivity index (χ0) is 12.8. The number of ether oxygens (including phenoxy) is 2. The van der Waals surface area contributed by atoms with Gasteiger partial charge in [0.1, 0.15) is 11.7 Å². The molecule has 0 atom stereocenters. The smallest absolute Gasteiger partial charge is 0.175 e. The highest BCUT2D eigenvalue weighted by Crippen LogP contribution is 2.28. The van der Waals surface area contributed by atoms with Crippen molar-refractivity contribution in [1.29, 1.82) is 0 Å². The van der Waals surface area contributed by atoms with Crippen LogP contribution in [0.4, 0.5) is 0 Å². The number of para-hydroxylation sites is 1. The summed E-state index contributed by atoms with van der Waals surface area (Å²) in [5, 5.41) is 10.1. The Morgan fingerprint density at radius 3 is 2.47 bits per heavy atom. The van der Waals surface area contributed by atoms with Crippen LogP contribution in [0.15, 0.2) is 35.6 Å². The van der Waals surface area contributed by atoms with Gasteiger partial charge >= 0.3 is 0 Å². The molecular formula is C13H14O4. The van der Waals surface area contributed by atoms with Crippen molar-refractivity contribution in [3.05, 3.63) is 41.2 Å². The second kappa shape index (κ2) is 5.77. The predicted molar refractivity (Wildman–Crippen MR) is 64.4 cm³/mol. The van der Waals surface area contributed by atoms with Crippen LogP contribution in [0.5, 0.6) is 5.75 Å². The monoisotopic (exact) mass is 234 g/mol. The largest absolute Gasteiger partial charge is 0.504 e. The van der Waals surface area contributed by atoms with E-state index in [1.54, 1.807) is 30.2 Å². The van der Waals surface area contributed by atoms with E-state index in [9.17, 15) is 9.90 Å². The van der Waals surface area contributed by atoms with Crippen LogP contribution in [0.2, 0.25) is 0 Å². The quantitative estimate of drug-likeness (QED) is 0.493. The summed E-state index contributed by atoms with van der Waals surface area (Å²) in [4.78, 5) is 10.6. The molecule has 0 heterocycles. The molecule has 0 saturated carbocycles. The van der Waals surface area contributed by atoms with Gasteiger partial charge in [-0.1, -0.05) is 12.1 Å². The molecule has 4 heteroatoms. The number of hydrogen-bond acceptors (Lipinski definition) is 4. The molecule has 0 aliphatic rings. The summed E-state index contributed by atoms with van der Waals surface area (Å²) in [7, 11) is 2.88. The maximum absolute atomic E-state index is 10.6. The summed E-state index contributed by atoms with van der Waals surface area (Å²) >= 11 is 0. The lowest BCUT2D eigenvalue weighted by atomic mass is 10.1. The first-order valence-corrected chi connectivity index (χ1v) is 4.98. The molecule has 0 aromatic heterocycles. The standard InChI is InChI=1S/C13H14O4/c1-9(8-14)13(17-3)12(15)10-6-4-5-7-11(10)16-2/h4-7,15H,1-3H3/b13-12-. The van der Waals surface area contributed by atoms with Crippen molar-refractivity contribution in [2.75, 3.05) is 14.2 Å². The Hall–Kier alpha value is -2.19. The van der Waals surface area contributed by atoms with Crippen molar-refractivity contribution in [2.45, 2.75) is 6.92 Å². The molecule has 90 valence electrons. The molecular weight excluding hydrogens is 220 g/mol. The van der Waals surface area contributed by atoms with E-state index >= 15 is 0 Å². The van der Waals surface area contributed by atoms with Crippen LogP contribution < -0.4 is 4.74 Å². The maximum atomic E-state index is 10.6. The Kier molecular flexibility index (Phi) is 4.37. The first-order valence-electron chi connectivity index (χ1n) is 4.98. The summed E-state index contributed by atoms with van der Waals surface area (Å²) < 4.78 is 10.1. The van der Waals surface area contributed by atoms with Crippen LogP contribution in [0.3, 0.4) is 0 Å². The van der Waals surface area contributed by atoms with Crippen molar-refractivity contribution < 1.29 is 19.4 Å². The van der Waals surface area contributed by atoms with Crippen molar-refractivity contribution in [3.63, 3.8) is 0 Å². The van der Waals surface area contributed by atoms with E-state index in [-0.39, 0.29) is 17.1 Å². The number of rotatable bonds is 4. The minimum Gasteiger partial charge on any atom is -0.504 e. The summed E-state index contributed by atoms with van der Waals surface area (Å²) in [6.07, 6.45) is 0. The number of carbonyl (C=O) groups excluding carboxylic acids is 1. The van der Waals surface area contributed by atoms with Crippen molar-refractivity contribution in [1.82, 2.24) is 0 Å². The first kappa shape index (κ1) is 12.9. The zero-order valence-electron chi connectivity index (χ0n) is 9.98. The van der Waals surface area contributed by atoms with Crippen LogP contribution >= 0.6 is 0 Å². The second-order valence-electron chi connectivity index (χ2n) is 3.31. The molecule has 1 rings (SSSR count). The third-order valence-corrected chi connectivity index (χ3v) is 2.27. The van der Waals surface area contributed by atoms with E-state index in [0.29, 0.717) is 11.3 Å². The number of benzene rings is 1. The second-order valence-corrected chi connectivity index (χ2v) is 3.31. The fourth-order valence-electron chi connectivity index (χ4n) is 1.44. The van der Waals surface area contributed by atoms with Crippen LogP contribution in [0.1, 0.15) is 12.5 Å². The third kappa shape index (κ3) is 2.68. The van der Waals surface area contributed by atoms with Crippen molar-refractivity contribution >= 4 is 11.7 Å². The Labute approximate surface area is 99.8 Å². The Bertz CT molecular complexity index is 482. The summed E-state index contributed by atoms with van der Waals surface area (Å²) in [5.74, 6) is 2.13. The molecule has 0 aliphatic heterocycles. The predicted octanol–water partition coefficient (Wildman–Crippen LogP) is 2.35. The van der Waals surface area contributed by atoms with E-state index < -0.39 is 0 Å². The van der Waals surface area contributed by atoms with Gasteiger partial charge in [-0.2, -0.15) is 0 Å². The van der Waals surface area contributed by atoms with E-state index in [1.165, 1.54) is 21.1 Å². The van der Waals surface area contributed by atoms with Gasteiger partial charge in [0.05, 0.1) is 25.4 Å². The van der Waals surface area contributed by atoms with Crippen LogP contribution in [0, 0.1) is 0 Å².